The van der Waals surface area contributed by atoms with Crippen molar-refractivity contribution in [2.75, 3.05) is 7.05 Å². The Hall–Kier alpha value is -1.05. The Kier molecular flexibility index (Phi) is 3.44. The first-order chi connectivity index (χ1) is 4.20. The summed E-state index contributed by atoms with van der Waals surface area (Å²) in [6.07, 6.45) is 3.43. The Morgan fingerprint density at radius 2 is 2.22 bits per heavy atom. The fourth-order valence-electron chi connectivity index (χ4n) is 0.448. The van der Waals surface area contributed by atoms with Crippen molar-refractivity contribution >= 4 is 5.71 Å². The third-order valence-corrected chi connectivity index (χ3v) is 0.843. The molecule has 0 aromatic rings. The summed E-state index contributed by atoms with van der Waals surface area (Å²) in [5.41, 5.74) is 6.94. The molecule has 0 saturated carbocycles. The lowest BCUT2D eigenvalue weighted by atomic mass is 10.3. The monoisotopic (exact) mass is 124 g/mol. The summed E-state index contributed by atoms with van der Waals surface area (Å²) in [6.45, 7) is 5.37. The number of rotatable bonds is 2. The van der Waals surface area contributed by atoms with Gasteiger partial charge in [-0.15, -0.1) is 0 Å². The maximum absolute atomic E-state index is 5.38. The molecule has 0 aromatic carbocycles. The Balaban J connectivity index is 4.18. The first-order valence-electron chi connectivity index (χ1n) is 2.73. The Morgan fingerprint density at radius 3 is 2.33 bits per heavy atom. The van der Waals surface area contributed by atoms with E-state index in [9.17, 15) is 0 Å². The predicted molar refractivity (Wildman–Crippen MR) is 41.5 cm³/mol. The van der Waals surface area contributed by atoms with Gasteiger partial charge in [0, 0.05) is 12.7 Å². The number of nitrogens with two attached hydrogens (primary N) is 1. The molecule has 0 fully saturated rings. The summed E-state index contributed by atoms with van der Waals surface area (Å²) in [4.78, 5) is 3.89. The second-order valence-corrected chi connectivity index (χ2v) is 1.74. The Labute approximate surface area is 55.8 Å². The molecule has 2 heteroatoms. The van der Waals surface area contributed by atoms with Gasteiger partial charge in [0.05, 0.1) is 5.71 Å². The lowest BCUT2D eigenvalue weighted by Gasteiger charge is -1.90. The van der Waals surface area contributed by atoms with Crippen molar-refractivity contribution < 1.29 is 0 Å². The van der Waals surface area contributed by atoms with Crippen molar-refractivity contribution in [2.45, 2.75) is 6.92 Å². The quantitative estimate of drug-likeness (QED) is 0.550. The maximum Gasteiger partial charge on any atom is 0.0581 e. The summed E-state index contributed by atoms with van der Waals surface area (Å²) < 4.78 is 0. The maximum atomic E-state index is 5.38. The average Bonchev–Trinajstić information content (AvgIpc) is 1.82. The van der Waals surface area contributed by atoms with E-state index in [4.69, 9.17) is 5.73 Å². The van der Waals surface area contributed by atoms with Crippen LogP contribution in [0.4, 0.5) is 0 Å². The van der Waals surface area contributed by atoms with E-state index in [2.05, 4.69) is 11.6 Å². The number of nitrogens with zero attached hydrogens (tertiary/aromatic N) is 1. The zero-order chi connectivity index (χ0) is 7.28. The van der Waals surface area contributed by atoms with Crippen molar-refractivity contribution in [3.8, 4) is 0 Å². The lowest BCUT2D eigenvalue weighted by Crippen LogP contribution is -1.95. The van der Waals surface area contributed by atoms with Gasteiger partial charge in [0.2, 0.25) is 0 Å². The highest BCUT2D eigenvalue weighted by molar-refractivity contribution is 6.03. The second-order valence-electron chi connectivity index (χ2n) is 1.74. The van der Waals surface area contributed by atoms with Crippen molar-refractivity contribution in [1.82, 2.24) is 0 Å². The van der Waals surface area contributed by atoms with Crippen molar-refractivity contribution in [1.29, 1.82) is 0 Å². The molecular formula is C7H12N2. The van der Waals surface area contributed by atoms with E-state index in [-0.39, 0.29) is 0 Å². The minimum atomic E-state index is 0.746. The fourth-order valence-corrected chi connectivity index (χ4v) is 0.448. The van der Waals surface area contributed by atoms with Crippen molar-refractivity contribution in [3.05, 3.63) is 24.4 Å². The average molecular weight is 124 g/mol. The molecule has 0 aliphatic heterocycles. The zero-order valence-corrected chi connectivity index (χ0v) is 5.89. The van der Waals surface area contributed by atoms with Crippen LogP contribution in [-0.4, -0.2) is 12.8 Å². The van der Waals surface area contributed by atoms with Gasteiger partial charge in [-0.1, -0.05) is 6.58 Å². The molecule has 50 valence electrons. The molecule has 9 heavy (non-hydrogen) atoms. The van der Waals surface area contributed by atoms with Crippen LogP contribution < -0.4 is 5.73 Å². The molecule has 0 aliphatic carbocycles. The topological polar surface area (TPSA) is 38.4 Å². The van der Waals surface area contributed by atoms with Crippen LogP contribution in [0.1, 0.15) is 6.92 Å². The molecular weight excluding hydrogens is 112 g/mol. The standard InChI is InChI=1S/C7H12N2/c1-4-7(9-3)5-6(2)8/h4-5H,1,8H2,2-3H3/b6-5-,9-7?. The first kappa shape index (κ1) is 7.95. The first-order valence-corrected chi connectivity index (χ1v) is 2.73. The van der Waals surface area contributed by atoms with Crippen LogP contribution in [0.2, 0.25) is 0 Å². The molecule has 0 heterocycles. The molecule has 0 amide bonds. The molecule has 2 nitrogen and oxygen atoms in total. The van der Waals surface area contributed by atoms with Gasteiger partial charge in [-0.25, -0.2) is 0 Å². The molecule has 0 bridgehead atoms. The summed E-state index contributed by atoms with van der Waals surface area (Å²) in [7, 11) is 1.70. The molecule has 2 N–H and O–H groups in total. The number of hydrogen-bond donors (Lipinski definition) is 1. The second kappa shape index (κ2) is 3.89. The third-order valence-electron chi connectivity index (χ3n) is 0.843. The van der Waals surface area contributed by atoms with Crippen LogP contribution in [0, 0.1) is 0 Å². The Morgan fingerprint density at radius 1 is 1.67 bits per heavy atom. The van der Waals surface area contributed by atoms with Crippen LogP contribution in [0.3, 0.4) is 0 Å². The van der Waals surface area contributed by atoms with Gasteiger partial charge in [0.15, 0.2) is 0 Å². The van der Waals surface area contributed by atoms with Crippen LogP contribution in [0.15, 0.2) is 29.4 Å². The summed E-state index contributed by atoms with van der Waals surface area (Å²) >= 11 is 0. The number of hydrogen-bond acceptors (Lipinski definition) is 2. The minimum Gasteiger partial charge on any atom is -0.402 e. The van der Waals surface area contributed by atoms with E-state index in [0.29, 0.717) is 0 Å². The molecule has 0 aromatic heterocycles. The highest BCUT2D eigenvalue weighted by Gasteiger charge is 1.82. The normalized spacial score (nSPS) is 13.6. The van der Waals surface area contributed by atoms with Crippen LogP contribution in [-0.2, 0) is 0 Å². The molecule has 0 radical (unpaired) electrons. The smallest absolute Gasteiger partial charge is 0.0581 e. The van der Waals surface area contributed by atoms with Crippen LogP contribution >= 0.6 is 0 Å². The minimum absolute atomic E-state index is 0.746. The summed E-state index contributed by atoms with van der Waals surface area (Å²) in [5, 5.41) is 0. The highest BCUT2D eigenvalue weighted by Crippen LogP contribution is 1.85. The van der Waals surface area contributed by atoms with Crippen LogP contribution in [0.25, 0.3) is 0 Å². The van der Waals surface area contributed by atoms with E-state index in [1.807, 2.05) is 6.92 Å². The molecule has 0 spiro atoms. The van der Waals surface area contributed by atoms with Crippen molar-refractivity contribution in [2.24, 2.45) is 10.7 Å². The molecule has 0 aliphatic rings. The summed E-state index contributed by atoms with van der Waals surface area (Å²) in [5.74, 6) is 0. The van der Waals surface area contributed by atoms with E-state index in [1.165, 1.54) is 0 Å². The lowest BCUT2D eigenvalue weighted by molar-refractivity contribution is 1.32. The number of aliphatic imine (C=N–C) groups is 1. The van der Waals surface area contributed by atoms with Gasteiger partial charge in [-0.3, -0.25) is 4.99 Å². The van der Waals surface area contributed by atoms with Gasteiger partial charge in [0.1, 0.15) is 0 Å². The van der Waals surface area contributed by atoms with E-state index >= 15 is 0 Å². The molecule has 0 unspecified atom stereocenters. The van der Waals surface area contributed by atoms with Gasteiger partial charge < -0.3 is 5.73 Å². The number of allylic oxidation sites excluding steroid dienone is 3. The fraction of sp³-hybridized carbons (Fsp3) is 0.286. The SMILES string of the molecule is C=CC(/C=C(/C)N)=NC. The Bertz CT molecular complexity index is 150. The highest BCUT2D eigenvalue weighted by atomic mass is 14.7. The molecule has 0 saturated heterocycles. The van der Waals surface area contributed by atoms with Crippen LogP contribution in [0.5, 0.6) is 0 Å². The molecule has 0 rings (SSSR count). The summed E-state index contributed by atoms with van der Waals surface area (Å²) in [6, 6.07) is 0. The van der Waals surface area contributed by atoms with Gasteiger partial charge in [0.25, 0.3) is 0 Å². The van der Waals surface area contributed by atoms with E-state index < -0.39 is 0 Å². The van der Waals surface area contributed by atoms with Gasteiger partial charge >= 0.3 is 0 Å². The van der Waals surface area contributed by atoms with E-state index in [1.54, 1.807) is 19.2 Å². The van der Waals surface area contributed by atoms with Crippen molar-refractivity contribution in [3.63, 3.8) is 0 Å². The third kappa shape index (κ3) is 3.53. The molecule has 0 atom stereocenters. The zero-order valence-electron chi connectivity index (χ0n) is 5.89. The predicted octanol–water partition coefficient (Wildman–Crippen LogP) is 1.11. The van der Waals surface area contributed by atoms with Gasteiger partial charge in [-0.05, 0) is 19.1 Å². The largest absolute Gasteiger partial charge is 0.402 e. The van der Waals surface area contributed by atoms with E-state index in [0.717, 1.165) is 11.4 Å². The van der Waals surface area contributed by atoms with Gasteiger partial charge in [-0.2, -0.15) is 0 Å².